The highest BCUT2D eigenvalue weighted by Gasteiger charge is 2.49. The maximum Gasteiger partial charge on any atom is 0.332 e. The van der Waals surface area contributed by atoms with Gasteiger partial charge in [0.05, 0.1) is 13.2 Å². The van der Waals surface area contributed by atoms with Crippen molar-refractivity contribution < 1.29 is 39.9 Å². The van der Waals surface area contributed by atoms with Crippen molar-refractivity contribution >= 4 is 17.9 Å². The Morgan fingerprint density at radius 2 is 1.17 bits per heavy atom. The summed E-state index contributed by atoms with van der Waals surface area (Å²) in [5.41, 5.74) is -2.75. The number of aliphatic hydroxyl groups excluding tert-OH is 2. The summed E-state index contributed by atoms with van der Waals surface area (Å²) in [6.07, 6.45) is 0. The van der Waals surface area contributed by atoms with Gasteiger partial charge in [-0.05, 0) is 6.92 Å². The summed E-state index contributed by atoms with van der Waals surface area (Å²) >= 11 is 0. The quantitative estimate of drug-likeness (QED) is 0.222. The minimum absolute atomic E-state index is 0.139. The lowest BCUT2D eigenvalue weighted by atomic mass is 9.91. The van der Waals surface area contributed by atoms with E-state index in [0.29, 0.717) is 20.0 Å². The van der Waals surface area contributed by atoms with E-state index in [9.17, 15) is 14.4 Å². The number of hydrogen-bond acceptors (Lipinski definition) is 6. The van der Waals surface area contributed by atoms with Gasteiger partial charge in [-0.2, -0.15) is 0 Å². The van der Waals surface area contributed by atoms with Crippen LogP contribution in [-0.2, 0) is 14.4 Å². The van der Waals surface area contributed by atoms with E-state index in [1.165, 1.54) is 0 Å². The predicted octanol–water partition coefficient (Wildman–Crippen LogP) is -2.19. The van der Waals surface area contributed by atoms with E-state index in [1.54, 1.807) is 0 Å². The third-order valence-corrected chi connectivity index (χ3v) is 1.86. The van der Waals surface area contributed by atoms with Crippen LogP contribution in [0.15, 0.2) is 0 Å². The third-order valence-electron chi connectivity index (χ3n) is 1.86. The molecule has 0 fully saturated rings. The first-order valence-electron chi connectivity index (χ1n) is 4.87. The Balaban J connectivity index is 0. The van der Waals surface area contributed by atoms with Gasteiger partial charge in [0, 0.05) is 13.1 Å². The smallest absolute Gasteiger partial charge is 0.332 e. The van der Waals surface area contributed by atoms with E-state index in [-0.39, 0.29) is 13.2 Å². The van der Waals surface area contributed by atoms with Crippen LogP contribution >= 0.6 is 0 Å². The number of nitrogens with one attached hydrogen (secondary N) is 1. The molecule has 0 saturated carbocycles. The molecule has 6 N–H and O–H groups in total. The largest absolute Gasteiger partial charge is 0.480 e. The number of carboxylic acid groups (broad SMARTS) is 3. The van der Waals surface area contributed by atoms with Gasteiger partial charge in [-0.15, -0.1) is 0 Å². The number of rotatable bonds is 7. The molecular formula is C9H17NO8. The fourth-order valence-corrected chi connectivity index (χ4v) is 0.558. The van der Waals surface area contributed by atoms with E-state index < -0.39 is 23.3 Å². The molecular weight excluding hydrogens is 250 g/mol. The normalized spacial score (nSPS) is 10.2. The topological polar surface area (TPSA) is 164 Å². The lowest BCUT2D eigenvalue weighted by Crippen LogP contribution is -2.43. The average Bonchev–Trinajstić information content (AvgIpc) is 2.28. The van der Waals surface area contributed by atoms with Crippen LogP contribution in [0.4, 0.5) is 0 Å². The molecule has 18 heavy (non-hydrogen) atoms. The van der Waals surface area contributed by atoms with Crippen LogP contribution in [0.25, 0.3) is 0 Å². The Kier molecular flexibility index (Phi) is 9.67. The fourth-order valence-electron chi connectivity index (χ4n) is 0.558. The first kappa shape index (κ1) is 18.6. The SMILES string of the molecule is CC(C(=O)O)(C(=O)O)C(=O)O.OCCNCCO. The highest BCUT2D eigenvalue weighted by Crippen LogP contribution is 2.16. The number of aliphatic hydroxyl groups is 2. The first-order valence-corrected chi connectivity index (χ1v) is 4.87. The van der Waals surface area contributed by atoms with Crippen molar-refractivity contribution in [1.29, 1.82) is 0 Å². The first-order chi connectivity index (χ1) is 8.24. The summed E-state index contributed by atoms with van der Waals surface area (Å²) in [7, 11) is 0. The second-order valence-electron chi connectivity index (χ2n) is 3.24. The molecule has 0 aliphatic heterocycles. The Morgan fingerprint density at radius 1 is 0.889 bits per heavy atom. The zero-order chi connectivity index (χ0) is 14.8. The summed E-state index contributed by atoms with van der Waals surface area (Å²) < 4.78 is 0. The fraction of sp³-hybridized carbons (Fsp3) is 0.667. The molecule has 106 valence electrons. The van der Waals surface area contributed by atoms with Crippen molar-refractivity contribution in [3.05, 3.63) is 0 Å². The van der Waals surface area contributed by atoms with Crippen LogP contribution in [0.5, 0.6) is 0 Å². The van der Waals surface area contributed by atoms with Crippen LogP contribution in [0.2, 0.25) is 0 Å². The molecule has 0 saturated heterocycles. The van der Waals surface area contributed by atoms with E-state index in [1.807, 2.05) is 0 Å². The predicted molar refractivity (Wildman–Crippen MR) is 58.1 cm³/mol. The van der Waals surface area contributed by atoms with Crippen molar-refractivity contribution in [3.8, 4) is 0 Å². The van der Waals surface area contributed by atoms with Crippen molar-refractivity contribution in [2.75, 3.05) is 26.3 Å². The molecule has 0 aliphatic carbocycles. The Bertz CT molecular complexity index is 250. The van der Waals surface area contributed by atoms with Crippen molar-refractivity contribution in [1.82, 2.24) is 5.32 Å². The Labute approximate surface area is 103 Å². The van der Waals surface area contributed by atoms with Crippen molar-refractivity contribution in [3.63, 3.8) is 0 Å². The van der Waals surface area contributed by atoms with Gasteiger partial charge in [-0.25, -0.2) is 0 Å². The maximum absolute atomic E-state index is 10.1. The molecule has 9 heteroatoms. The lowest BCUT2D eigenvalue weighted by molar-refractivity contribution is -0.173. The third kappa shape index (κ3) is 6.13. The van der Waals surface area contributed by atoms with Gasteiger partial charge in [0.25, 0.3) is 5.41 Å². The number of aliphatic carboxylic acids is 3. The van der Waals surface area contributed by atoms with Gasteiger partial charge >= 0.3 is 17.9 Å². The van der Waals surface area contributed by atoms with Crippen LogP contribution < -0.4 is 5.32 Å². The molecule has 0 bridgehead atoms. The van der Waals surface area contributed by atoms with E-state index in [4.69, 9.17) is 25.5 Å². The highest BCUT2D eigenvalue weighted by atomic mass is 16.4. The monoisotopic (exact) mass is 267 g/mol. The molecule has 0 unspecified atom stereocenters. The van der Waals surface area contributed by atoms with Crippen LogP contribution in [0.1, 0.15) is 6.92 Å². The molecule has 0 aliphatic rings. The summed E-state index contributed by atoms with van der Waals surface area (Å²) in [4.78, 5) is 30.4. The second-order valence-corrected chi connectivity index (χ2v) is 3.24. The molecule has 0 radical (unpaired) electrons. The van der Waals surface area contributed by atoms with Gasteiger partial charge < -0.3 is 30.8 Å². The molecule has 0 spiro atoms. The summed E-state index contributed by atoms with van der Waals surface area (Å²) in [6.45, 7) is 2.03. The standard InChI is InChI=1S/C5H6O6.C4H11NO2/c1-5(2(6)7,3(8)9)4(10)11;6-3-1-5-2-4-7/h1H3,(H,6,7)(H,8,9)(H,10,11);5-7H,1-4H2. The maximum atomic E-state index is 10.1. The zero-order valence-corrected chi connectivity index (χ0v) is 9.79. The van der Waals surface area contributed by atoms with Crippen molar-refractivity contribution in [2.24, 2.45) is 5.41 Å². The minimum atomic E-state index is -2.75. The van der Waals surface area contributed by atoms with Gasteiger partial charge in [0.2, 0.25) is 0 Å². The second kappa shape index (κ2) is 9.33. The minimum Gasteiger partial charge on any atom is -0.480 e. The number of carboxylic acids is 3. The van der Waals surface area contributed by atoms with Gasteiger partial charge in [0.1, 0.15) is 0 Å². The summed E-state index contributed by atoms with van der Waals surface area (Å²) in [5, 5.41) is 43.7. The summed E-state index contributed by atoms with van der Waals surface area (Å²) in [6, 6.07) is 0. The van der Waals surface area contributed by atoms with Crippen LogP contribution in [0, 0.1) is 5.41 Å². The highest BCUT2D eigenvalue weighted by molar-refractivity contribution is 6.15. The van der Waals surface area contributed by atoms with Crippen LogP contribution in [-0.4, -0.2) is 69.7 Å². The number of hydrogen-bond donors (Lipinski definition) is 6. The molecule has 9 nitrogen and oxygen atoms in total. The molecule has 0 amide bonds. The van der Waals surface area contributed by atoms with E-state index >= 15 is 0 Å². The molecule has 0 atom stereocenters. The summed E-state index contributed by atoms with van der Waals surface area (Å²) in [5.74, 6) is -5.67. The Morgan fingerprint density at radius 3 is 1.28 bits per heavy atom. The molecule has 0 rings (SSSR count). The lowest BCUT2D eigenvalue weighted by Gasteiger charge is -2.12. The Hall–Kier alpha value is -1.71. The average molecular weight is 267 g/mol. The number of carbonyl (C=O) groups is 3. The molecule has 0 heterocycles. The molecule has 0 aromatic carbocycles. The molecule has 0 aromatic rings. The van der Waals surface area contributed by atoms with Gasteiger partial charge in [-0.3, -0.25) is 14.4 Å². The van der Waals surface area contributed by atoms with E-state index in [0.717, 1.165) is 0 Å². The van der Waals surface area contributed by atoms with Crippen molar-refractivity contribution in [2.45, 2.75) is 6.92 Å². The molecule has 0 aromatic heterocycles. The zero-order valence-electron chi connectivity index (χ0n) is 9.79. The van der Waals surface area contributed by atoms with E-state index in [2.05, 4.69) is 5.32 Å². The van der Waals surface area contributed by atoms with Gasteiger partial charge in [0.15, 0.2) is 0 Å². The van der Waals surface area contributed by atoms with Gasteiger partial charge in [-0.1, -0.05) is 0 Å². The van der Waals surface area contributed by atoms with Crippen LogP contribution in [0.3, 0.4) is 0 Å².